The molecule has 0 atom stereocenters. The Morgan fingerprint density at radius 1 is 1.38 bits per heavy atom. The molecule has 0 saturated heterocycles. The van der Waals surface area contributed by atoms with Crippen LogP contribution in [0.4, 0.5) is 0 Å². The number of aryl methyl sites for hydroxylation is 2. The Morgan fingerprint density at radius 2 is 2.12 bits per heavy atom. The van der Waals surface area contributed by atoms with E-state index in [1.54, 1.807) is 12.0 Å². The number of benzene rings is 1. The van der Waals surface area contributed by atoms with Crippen molar-refractivity contribution in [1.29, 1.82) is 0 Å². The van der Waals surface area contributed by atoms with Crippen LogP contribution < -0.4 is 0 Å². The van der Waals surface area contributed by atoms with Gasteiger partial charge in [-0.3, -0.25) is 9.48 Å². The predicted molar refractivity (Wildman–Crippen MR) is 95.3 cm³/mol. The van der Waals surface area contributed by atoms with Gasteiger partial charge in [0, 0.05) is 38.0 Å². The SMILES string of the molecule is CCCn1cc(C(=O)N(CCOC)Cc2ccccc2Cl)c(C)n1. The lowest BCUT2D eigenvalue weighted by molar-refractivity contribution is 0.0679. The molecule has 0 aliphatic carbocycles. The lowest BCUT2D eigenvalue weighted by Gasteiger charge is -2.23. The molecular weight excluding hydrogens is 326 g/mol. The summed E-state index contributed by atoms with van der Waals surface area (Å²) in [6.07, 6.45) is 2.80. The summed E-state index contributed by atoms with van der Waals surface area (Å²) in [6, 6.07) is 7.57. The summed E-state index contributed by atoms with van der Waals surface area (Å²) in [5.41, 5.74) is 2.30. The molecule has 24 heavy (non-hydrogen) atoms. The topological polar surface area (TPSA) is 47.4 Å². The Morgan fingerprint density at radius 3 is 2.79 bits per heavy atom. The van der Waals surface area contributed by atoms with Gasteiger partial charge in [0.1, 0.15) is 0 Å². The summed E-state index contributed by atoms with van der Waals surface area (Å²) in [4.78, 5) is 14.7. The number of carbonyl (C=O) groups is 1. The second-order valence-corrected chi connectivity index (χ2v) is 6.11. The van der Waals surface area contributed by atoms with Gasteiger partial charge >= 0.3 is 0 Å². The number of hydrogen-bond acceptors (Lipinski definition) is 3. The molecule has 1 amide bonds. The predicted octanol–water partition coefficient (Wildman–Crippen LogP) is 3.54. The molecule has 2 aromatic rings. The van der Waals surface area contributed by atoms with E-state index in [4.69, 9.17) is 16.3 Å². The fourth-order valence-electron chi connectivity index (χ4n) is 2.53. The lowest BCUT2D eigenvalue weighted by Crippen LogP contribution is -2.33. The van der Waals surface area contributed by atoms with Crippen LogP contribution in [0.1, 0.15) is 35.0 Å². The van der Waals surface area contributed by atoms with Gasteiger partial charge in [0.2, 0.25) is 0 Å². The van der Waals surface area contributed by atoms with Crippen LogP contribution in [0.5, 0.6) is 0 Å². The molecule has 1 heterocycles. The maximum Gasteiger partial charge on any atom is 0.257 e. The third-order valence-corrected chi connectivity index (χ3v) is 4.17. The molecule has 0 saturated carbocycles. The van der Waals surface area contributed by atoms with Crippen molar-refractivity contribution in [2.45, 2.75) is 33.4 Å². The highest BCUT2D eigenvalue weighted by atomic mass is 35.5. The number of aromatic nitrogens is 2. The first-order chi connectivity index (χ1) is 11.6. The zero-order chi connectivity index (χ0) is 17.5. The quantitative estimate of drug-likeness (QED) is 0.732. The van der Waals surface area contributed by atoms with E-state index in [2.05, 4.69) is 12.0 Å². The summed E-state index contributed by atoms with van der Waals surface area (Å²) >= 11 is 6.24. The van der Waals surface area contributed by atoms with Gasteiger partial charge < -0.3 is 9.64 Å². The minimum Gasteiger partial charge on any atom is -0.383 e. The second-order valence-electron chi connectivity index (χ2n) is 5.70. The number of halogens is 1. The Kier molecular flexibility index (Phi) is 6.82. The van der Waals surface area contributed by atoms with Crippen LogP contribution in [0.2, 0.25) is 5.02 Å². The summed E-state index contributed by atoms with van der Waals surface area (Å²) in [5, 5.41) is 5.08. The van der Waals surface area contributed by atoms with Gasteiger partial charge in [0.15, 0.2) is 0 Å². The smallest absolute Gasteiger partial charge is 0.257 e. The van der Waals surface area contributed by atoms with Crippen molar-refractivity contribution in [1.82, 2.24) is 14.7 Å². The first-order valence-electron chi connectivity index (χ1n) is 8.12. The van der Waals surface area contributed by atoms with Crippen LogP contribution in [-0.2, 0) is 17.8 Å². The summed E-state index contributed by atoms with van der Waals surface area (Å²) in [5.74, 6) is -0.0492. The van der Waals surface area contributed by atoms with Gasteiger partial charge in [0.05, 0.1) is 17.9 Å². The fraction of sp³-hybridized carbons (Fsp3) is 0.444. The highest BCUT2D eigenvalue weighted by Gasteiger charge is 2.21. The molecule has 0 spiro atoms. The van der Waals surface area contributed by atoms with E-state index in [-0.39, 0.29) is 5.91 Å². The van der Waals surface area contributed by atoms with Gasteiger partial charge in [-0.25, -0.2) is 0 Å². The largest absolute Gasteiger partial charge is 0.383 e. The van der Waals surface area contributed by atoms with Crippen LogP contribution in [0.25, 0.3) is 0 Å². The number of amides is 1. The minimum absolute atomic E-state index is 0.0492. The summed E-state index contributed by atoms with van der Waals surface area (Å²) in [7, 11) is 1.63. The average molecular weight is 350 g/mol. The molecule has 0 radical (unpaired) electrons. The first-order valence-corrected chi connectivity index (χ1v) is 8.50. The Balaban J connectivity index is 2.23. The second kappa shape index (κ2) is 8.85. The van der Waals surface area contributed by atoms with Crippen molar-refractivity contribution < 1.29 is 9.53 Å². The number of rotatable bonds is 8. The maximum atomic E-state index is 13.0. The van der Waals surface area contributed by atoms with Crippen molar-refractivity contribution in [3.8, 4) is 0 Å². The zero-order valence-corrected chi connectivity index (χ0v) is 15.2. The average Bonchev–Trinajstić information content (AvgIpc) is 2.93. The minimum atomic E-state index is -0.0492. The van der Waals surface area contributed by atoms with Gasteiger partial charge in [-0.05, 0) is 25.0 Å². The summed E-state index contributed by atoms with van der Waals surface area (Å²) in [6.45, 7) is 6.17. The molecule has 1 aromatic heterocycles. The van der Waals surface area contributed by atoms with Crippen LogP contribution in [-0.4, -0.2) is 40.8 Å². The van der Waals surface area contributed by atoms with E-state index in [1.807, 2.05) is 42.1 Å². The molecule has 0 unspecified atom stereocenters. The summed E-state index contributed by atoms with van der Waals surface area (Å²) < 4.78 is 6.98. The van der Waals surface area contributed by atoms with Gasteiger partial charge in [0.25, 0.3) is 5.91 Å². The molecule has 0 aliphatic rings. The van der Waals surface area contributed by atoms with Crippen molar-refractivity contribution in [2.75, 3.05) is 20.3 Å². The Labute approximate surface area is 148 Å². The van der Waals surface area contributed by atoms with E-state index in [9.17, 15) is 4.79 Å². The molecule has 1 aromatic carbocycles. The zero-order valence-electron chi connectivity index (χ0n) is 14.5. The monoisotopic (exact) mass is 349 g/mol. The molecule has 0 N–H and O–H groups in total. The Hall–Kier alpha value is -1.85. The third-order valence-electron chi connectivity index (χ3n) is 3.80. The molecule has 0 aliphatic heterocycles. The van der Waals surface area contributed by atoms with Crippen molar-refractivity contribution >= 4 is 17.5 Å². The van der Waals surface area contributed by atoms with Gasteiger partial charge in [-0.1, -0.05) is 36.7 Å². The van der Waals surface area contributed by atoms with E-state index in [0.29, 0.717) is 30.3 Å². The van der Waals surface area contributed by atoms with Crippen molar-refractivity contribution in [3.63, 3.8) is 0 Å². The van der Waals surface area contributed by atoms with Crippen LogP contribution >= 0.6 is 11.6 Å². The molecule has 0 fully saturated rings. The third kappa shape index (κ3) is 4.58. The van der Waals surface area contributed by atoms with E-state index in [1.165, 1.54) is 0 Å². The number of carbonyl (C=O) groups excluding carboxylic acids is 1. The number of nitrogens with zero attached hydrogens (tertiary/aromatic N) is 3. The van der Waals surface area contributed by atoms with Crippen molar-refractivity contribution in [3.05, 3.63) is 52.3 Å². The Bertz CT molecular complexity index is 685. The highest BCUT2D eigenvalue weighted by Crippen LogP contribution is 2.19. The normalized spacial score (nSPS) is 10.8. The van der Waals surface area contributed by atoms with Crippen molar-refractivity contribution in [2.24, 2.45) is 0 Å². The standard InChI is InChI=1S/C18H24ClN3O2/c1-4-9-22-13-16(14(2)20-22)18(23)21(10-11-24-3)12-15-7-5-6-8-17(15)19/h5-8,13H,4,9-12H2,1-3H3. The number of hydrogen-bond donors (Lipinski definition) is 0. The van der Waals surface area contributed by atoms with E-state index >= 15 is 0 Å². The fourth-order valence-corrected chi connectivity index (χ4v) is 2.72. The van der Waals surface area contributed by atoms with Gasteiger partial charge in [-0.15, -0.1) is 0 Å². The molecule has 6 heteroatoms. The van der Waals surface area contributed by atoms with Crippen LogP contribution in [0.3, 0.4) is 0 Å². The maximum absolute atomic E-state index is 13.0. The molecule has 0 bridgehead atoms. The van der Waals surface area contributed by atoms with Gasteiger partial charge in [-0.2, -0.15) is 5.10 Å². The molecule has 2 rings (SSSR count). The molecule has 5 nitrogen and oxygen atoms in total. The first kappa shape index (κ1) is 18.5. The molecule has 130 valence electrons. The van der Waals surface area contributed by atoms with Crippen LogP contribution in [0.15, 0.2) is 30.5 Å². The van der Waals surface area contributed by atoms with E-state index < -0.39 is 0 Å². The number of ether oxygens (including phenoxy) is 1. The lowest BCUT2D eigenvalue weighted by atomic mass is 10.1. The van der Waals surface area contributed by atoms with Crippen LogP contribution in [0, 0.1) is 6.92 Å². The number of methoxy groups -OCH3 is 1. The van der Waals surface area contributed by atoms with E-state index in [0.717, 1.165) is 24.2 Å². The molecular formula is C18H24ClN3O2. The highest BCUT2D eigenvalue weighted by molar-refractivity contribution is 6.31.